The molecule has 3 heterocycles. The molecule has 0 bridgehead atoms. The van der Waals surface area contributed by atoms with Gasteiger partial charge in [0.1, 0.15) is 6.10 Å². The lowest BCUT2D eigenvalue weighted by molar-refractivity contribution is -0.384. The minimum atomic E-state index is -0.530. The lowest BCUT2D eigenvalue weighted by atomic mass is 9.86. The average molecular weight is 368 g/mol. The van der Waals surface area contributed by atoms with Crippen LogP contribution in [-0.2, 0) is 11.2 Å². The predicted octanol–water partition coefficient (Wildman–Crippen LogP) is 2.76. The Hall–Kier alpha value is -3.13. The van der Waals surface area contributed by atoms with Gasteiger partial charge in [-0.25, -0.2) is 4.79 Å². The number of likely N-dealkylation sites (N-methyl/N-ethyl adjacent to an activating group) is 1. The maximum Gasteiger partial charge on any atom is 0.339 e. The smallest absolute Gasteiger partial charge is 0.339 e. The Labute approximate surface area is 154 Å². The van der Waals surface area contributed by atoms with Crippen molar-refractivity contribution in [1.82, 2.24) is 4.90 Å². The fourth-order valence-corrected chi connectivity index (χ4v) is 4.12. The monoisotopic (exact) mass is 368 g/mol. The molecule has 0 amide bonds. The van der Waals surface area contributed by atoms with Gasteiger partial charge in [-0.1, -0.05) is 0 Å². The van der Waals surface area contributed by atoms with Crippen molar-refractivity contribution in [2.45, 2.75) is 18.6 Å². The fraction of sp³-hybridized carbons (Fsp3) is 0.316. The van der Waals surface area contributed by atoms with Crippen LogP contribution in [0.4, 0.5) is 5.69 Å². The van der Waals surface area contributed by atoms with E-state index in [1.807, 2.05) is 19.2 Å². The number of nitro benzene ring substituents is 1. The summed E-state index contributed by atoms with van der Waals surface area (Å²) < 4.78 is 16.7. The Balaban J connectivity index is 1.61. The van der Waals surface area contributed by atoms with Crippen molar-refractivity contribution in [3.8, 4) is 11.5 Å². The Kier molecular flexibility index (Phi) is 3.38. The van der Waals surface area contributed by atoms with Crippen LogP contribution in [0.25, 0.3) is 0 Å². The molecule has 0 aromatic heterocycles. The number of cyclic esters (lactones) is 1. The predicted molar refractivity (Wildman–Crippen MR) is 92.9 cm³/mol. The van der Waals surface area contributed by atoms with Crippen molar-refractivity contribution in [3.63, 3.8) is 0 Å². The number of carbonyl (C=O) groups is 1. The van der Waals surface area contributed by atoms with E-state index in [9.17, 15) is 14.9 Å². The number of nitrogens with zero attached hydrogens (tertiary/aromatic N) is 2. The summed E-state index contributed by atoms with van der Waals surface area (Å²) in [7, 11) is 1.98. The number of carbonyl (C=O) groups excluding carboxylic acids is 1. The van der Waals surface area contributed by atoms with Gasteiger partial charge in [0.25, 0.3) is 5.69 Å². The molecule has 27 heavy (non-hydrogen) atoms. The number of esters is 1. The summed E-state index contributed by atoms with van der Waals surface area (Å²) in [6.07, 6.45) is 0.324. The summed E-state index contributed by atoms with van der Waals surface area (Å²) in [5.74, 6) is 0.888. The number of ether oxygens (including phenoxy) is 3. The van der Waals surface area contributed by atoms with Gasteiger partial charge in [0, 0.05) is 24.2 Å². The number of nitro groups is 1. The van der Waals surface area contributed by atoms with Gasteiger partial charge >= 0.3 is 5.97 Å². The standard InChI is InChI=1S/C19H16N2O6/c1-20-5-4-10-6-15-16(26-9-25-15)8-13(10)17(20)18-12-3-2-11(21(23)24)7-14(12)19(22)27-18/h2-3,6-8,17-18H,4-5,9H2,1H3. The molecule has 3 aliphatic heterocycles. The van der Waals surface area contributed by atoms with E-state index >= 15 is 0 Å². The quantitative estimate of drug-likeness (QED) is 0.457. The summed E-state index contributed by atoms with van der Waals surface area (Å²) >= 11 is 0. The highest BCUT2D eigenvalue weighted by Crippen LogP contribution is 2.48. The van der Waals surface area contributed by atoms with Crippen molar-refractivity contribution >= 4 is 11.7 Å². The van der Waals surface area contributed by atoms with Crippen LogP contribution in [0.2, 0.25) is 0 Å². The van der Waals surface area contributed by atoms with E-state index in [2.05, 4.69) is 4.90 Å². The molecule has 0 N–H and O–H groups in total. The number of hydrogen-bond donors (Lipinski definition) is 0. The maximum atomic E-state index is 12.4. The average Bonchev–Trinajstić information content (AvgIpc) is 3.24. The first-order valence-electron chi connectivity index (χ1n) is 8.65. The van der Waals surface area contributed by atoms with Gasteiger partial charge in [0.05, 0.1) is 16.5 Å². The first-order chi connectivity index (χ1) is 13.0. The molecule has 8 heteroatoms. The second-order valence-electron chi connectivity index (χ2n) is 6.93. The minimum absolute atomic E-state index is 0.118. The SMILES string of the molecule is CN1CCc2cc3c(cc2C1C1OC(=O)c2cc([N+](=O)[O-])ccc21)OCO3. The second kappa shape index (κ2) is 5.68. The molecule has 2 atom stereocenters. The van der Waals surface area contributed by atoms with Crippen molar-refractivity contribution in [1.29, 1.82) is 0 Å². The first kappa shape index (κ1) is 16.1. The summed E-state index contributed by atoms with van der Waals surface area (Å²) in [4.78, 5) is 25.1. The molecule has 0 spiro atoms. The first-order valence-corrected chi connectivity index (χ1v) is 8.65. The van der Waals surface area contributed by atoms with E-state index in [1.165, 1.54) is 12.1 Å². The number of rotatable bonds is 2. The third kappa shape index (κ3) is 2.37. The van der Waals surface area contributed by atoms with Crippen LogP contribution in [0.1, 0.15) is 39.2 Å². The number of fused-ring (bicyclic) bond motifs is 3. The molecule has 3 aliphatic rings. The zero-order chi connectivity index (χ0) is 18.7. The third-order valence-electron chi connectivity index (χ3n) is 5.46. The third-order valence-corrected chi connectivity index (χ3v) is 5.46. The molecule has 2 unspecified atom stereocenters. The van der Waals surface area contributed by atoms with Gasteiger partial charge in [-0.2, -0.15) is 0 Å². The van der Waals surface area contributed by atoms with Gasteiger partial charge < -0.3 is 14.2 Å². The number of hydrogen-bond acceptors (Lipinski definition) is 7. The summed E-state index contributed by atoms with van der Waals surface area (Å²) in [5.41, 5.74) is 2.97. The molecule has 0 saturated carbocycles. The Morgan fingerprint density at radius 2 is 1.93 bits per heavy atom. The highest BCUT2D eigenvalue weighted by molar-refractivity contribution is 5.95. The second-order valence-corrected chi connectivity index (χ2v) is 6.93. The van der Waals surface area contributed by atoms with E-state index in [0.29, 0.717) is 11.3 Å². The van der Waals surface area contributed by atoms with Crippen LogP contribution in [0.3, 0.4) is 0 Å². The molecule has 8 nitrogen and oxygen atoms in total. The molecule has 2 aromatic rings. The van der Waals surface area contributed by atoms with E-state index in [0.717, 1.165) is 29.8 Å². The van der Waals surface area contributed by atoms with Gasteiger partial charge in [-0.3, -0.25) is 15.0 Å². The van der Waals surface area contributed by atoms with Crippen molar-refractivity contribution in [2.75, 3.05) is 20.4 Å². The van der Waals surface area contributed by atoms with Crippen molar-refractivity contribution in [3.05, 3.63) is 62.7 Å². The van der Waals surface area contributed by atoms with E-state index < -0.39 is 17.0 Å². The normalized spacial score (nSPS) is 22.9. The zero-order valence-electron chi connectivity index (χ0n) is 14.5. The maximum absolute atomic E-state index is 12.4. The summed E-state index contributed by atoms with van der Waals surface area (Å²) in [5, 5.41) is 11.0. The lowest BCUT2D eigenvalue weighted by Crippen LogP contribution is -2.36. The van der Waals surface area contributed by atoms with Crippen LogP contribution in [0.15, 0.2) is 30.3 Å². The van der Waals surface area contributed by atoms with Crippen LogP contribution >= 0.6 is 0 Å². The topological polar surface area (TPSA) is 91.1 Å². The fourth-order valence-electron chi connectivity index (χ4n) is 4.12. The van der Waals surface area contributed by atoms with Gasteiger partial charge in [0.15, 0.2) is 11.5 Å². The lowest BCUT2D eigenvalue weighted by Gasteiger charge is -2.37. The Bertz CT molecular complexity index is 988. The largest absolute Gasteiger partial charge is 0.454 e. The summed E-state index contributed by atoms with van der Waals surface area (Å²) in [6, 6.07) is 8.08. The Morgan fingerprint density at radius 1 is 1.15 bits per heavy atom. The molecule has 0 aliphatic carbocycles. The minimum Gasteiger partial charge on any atom is -0.454 e. The highest BCUT2D eigenvalue weighted by Gasteiger charge is 2.42. The van der Waals surface area contributed by atoms with E-state index in [1.54, 1.807) is 6.07 Å². The molecule has 2 aromatic carbocycles. The van der Waals surface area contributed by atoms with Crippen LogP contribution in [0, 0.1) is 10.1 Å². The van der Waals surface area contributed by atoms with Crippen molar-refractivity contribution < 1.29 is 23.9 Å². The number of non-ortho nitro benzene ring substituents is 1. The molecule has 138 valence electrons. The van der Waals surface area contributed by atoms with Crippen LogP contribution in [0.5, 0.6) is 11.5 Å². The molecule has 0 radical (unpaired) electrons. The van der Waals surface area contributed by atoms with Crippen LogP contribution < -0.4 is 9.47 Å². The zero-order valence-corrected chi connectivity index (χ0v) is 14.5. The van der Waals surface area contributed by atoms with Crippen molar-refractivity contribution in [2.24, 2.45) is 0 Å². The highest BCUT2D eigenvalue weighted by atomic mass is 16.7. The summed E-state index contributed by atoms with van der Waals surface area (Å²) in [6.45, 7) is 0.997. The van der Waals surface area contributed by atoms with E-state index in [4.69, 9.17) is 14.2 Å². The molecule has 5 rings (SSSR count). The van der Waals surface area contributed by atoms with Gasteiger partial charge in [-0.05, 0) is 42.8 Å². The van der Waals surface area contributed by atoms with Crippen LogP contribution in [-0.4, -0.2) is 36.2 Å². The van der Waals surface area contributed by atoms with Gasteiger partial charge in [-0.15, -0.1) is 0 Å². The Morgan fingerprint density at radius 3 is 2.70 bits per heavy atom. The molecular formula is C19H16N2O6. The van der Waals surface area contributed by atoms with Gasteiger partial charge in [0.2, 0.25) is 6.79 Å². The molecular weight excluding hydrogens is 352 g/mol. The number of benzene rings is 2. The molecule has 0 saturated heterocycles. The molecule has 0 fully saturated rings. The van der Waals surface area contributed by atoms with E-state index in [-0.39, 0.29) is 24.1 Å².